The number of hydrogen-bond donors (Lipinski definition) is 2. The number of benzene rings is 1. The molecule has 3 atom stereocenters. The van der Waals surface area contributed by atoms with E-state index in [0.717, 1.165) is 31.2 Å². The predicted octanol–water partition coefficient (Wildman–Crippen LogP) is 3.17. The number of carbonyl (C=O) groups is 1. The monoisotopic (exact) mass is 298 g/mol. The average Bonchev–Trinajstić information content (AvgIpc) is 2.41. The van der Waals surface area contributed by atoms with Crippen molar-refractivity contribution in [2.24, 2.45) is 11.7 Å². The fraction of sp³-hybridized carbons (Fsp3) is 0.533. The summed E-state index contributed by atoms with van der Waals surface area (Å²) in [5, 5.41) is 3.03. The molecule has 1 fully saturated rings. The Bertz CT molecular complexity index is 495. The Hall–Kier alpha value is -1.13. The number of carbonyl (C=O) groups excluding carboxylic acids is 1. The predicted molar refractivity (Wildman–Crippen MR) is 77.9 cm³/mol. The summed E-state index contributed by atoms with van der Waals surface area (Å²) in [6.45, 7) is 1.87. The molecule has 3 nitrogen and oxygen atoms in total. The van der Waals surface area contributed by atoms with Gasteiger partial charge in [-0.25, -0.2) is 4.39 Å². The van der Waals surface area contributed by atoms with E-state index < -0.39 is 5.82 Å². The molecular formula is C15H20ClFN2O. The topological polar surface area (TPSA) is 55.1 Å². The van der Waals surface area contributed by atoms with Crippen LogP contribution in [-0.4, -0.2) is 11.9 Å². The third-order valence-electron chi connectivity index (χ3n) is 3.89. The van der Waals surface area contributed by atoms with Gasteiger partial charge in [-0.1, -0.05) is 24.1 Å². The highest BCUT2D eigenvalue weighted by molar-refractivity contribution is 6.30. The molecule has 3 unspecified atom stereocenters. The number of halogens is 2. The van der Waals surface area contributed by atoms with E-state index in [1.807, 2.05) is 6.92 Å². The molecule has 110 valence electrons. The van der Waals surface area contributed by atoms with Crippen molar-refractivity contribution in [2.45, 2.75) is 44.7 Å². The molecule has 3 N–H and O–H groups in total. The van der Waals surface area contributed by atoms with E-state index in [1.54, 1.807) is 12.1 Å². The minimum atomic E-state index is -0.452. The molecule has 0 aliphatic heterocycles. The van der Waals surface area contributed by atoms with Crippen LogP contribution < -0.4 is 11.1 Å². The van der Waals surface area contributed by atoms with Crippen LogP contribution in [0.25, 0.3) is 0 Å². The molecule has 1 aromatic rings. The standard InChI is InChI=1S/C15H20ClFN2O/c1-9(10-5-6-14(17)13(16)8-10)19-15(20)11-3-2-4-12(18)7-11/h5-6,8-9,11-12H,2-4,7,18H2,1H3,(H,19,20). The van der Waals surface area contributed by atoms with Crippen LogP contribution in [-0.2, 0) is 4.79 Å². The number of nitrogens with two attached hydrogens (primary N) is 1. The zero-order valence-electron chi connectivity index (χ0n) is 11.5. The van der Waals surface area contributed by atoms with Gasteiger partial charge in [0.1, 0.15) is 5.82 Å². The van der Waals surface area contributed by atoms with Gasteiger partial charge in [-0.2, -0.15) is 0 Å². The van der Waals surface area contributed by atoms with E-state index in [-0.39, 0.29) is 28.9 Å². The lowest BCUT2D eigenvalue weighted by Gasteiger charge is -2.27. The summed E-state index contributed by atoms with van der Waals surface area (Å²) in [5.74, 6) is -0.447. The second-order valence-corrected chi connectivity index (χ2v) is 5.93. The molecule has 0 radical (unpaired) electrons. The lowest BCUT2D eigenvalue weighted by molar-refractivity contribution is -0.126. The quantitative estimate of drug-likeness (QED) is 0.900. The molecule has 2 rings (SSSR count). The lowest BCUT2D eigenvalue weighted by Crippen LogP contribution is -2.38. The summed E-state index contributed by atoms with van der Waals surface area (Å²) >= 11 is 5.76. The first-order valence-corrected chi connectivity index (χ1v) is 7.36. The van der Waals surface area contributed by atoms with Crippen LogP contribution in [0.5, 0.6) is 0 Å². The summed E-state index contributed by atoms with van der Waals surface area (Å²) in [4.78, 5) is 12.2. The van der Waals surface area contributed by atoms with Gasteiger partial charge in [-0.15, -0.1) is 0 Å². The molecule has 0 bridgehead atoms. The first-order valence-electron chi connectivity index (χ1n) is 6.98. The van der Waals surface area contributed by atoms with Crippen LogP contribution >= 0.6 is 11.6 Å². The lowest BCUT2D eigenvalue weighted by atomic mass is 9.85. The summed E-state index contributed by atoms with van der Waals surface area (Å²) in [6.07, 6.45) is 3.61. The highest BCUT2D eigenvalue weighted by Gasteiger charge is 2.26. The molecule has 0 spiro atoms. The first-order chi connectivity index (χ1) is 9.47. The molecule has 0 aromatic heterocycles. The van der Waals surface area contributed by atoms with Crippen LogP contribution in [0, 0.1) is 11.7 Å². The summed E-state index contributed by atoms with van der Waals surface area (Å²) < 4.78 is 13.1. The maximum absolute atomic E-state index is 13.1. The zero-order chi connectivity index (χ0) is 14.7. The van der Waals surface area contributed by atoms with E-state index in [2.05, 4.69) is 5.32 Å². The Morgan fingerprint density at radius 1 is 1.50 bits per heavy atom. The Kier molecular flexibility index (Phi) is 5.00. The van der Waals surface area contributed by atoms with E-state index in [9.17, 15) is 9.18 Å². The molecule has 1 amide bonds. The zero-order valence-corrected chi connectivity index (χ0v) is 12.3. The minimum absolute atomic E-state index is 0.0166. The summed E-state index contributed by atoms with van der Waals surface area (Å²) in [7, 11) is 0. The third kappa shape index (κ3) is 3.70. The largest absolute Gasteiger partial charge is 0.349 e. The van der Waals surface area contributed by atoms with E-state index in [1.165, 1.54) is 6.07 Å². The Morgan fingerprint density at radius 3 is 2.90 bits per heavy atom. The number of hydrogen-bond acceptors (Lipinski definition) is 2. The van der Waals surface area contributed by atoms with Gasteiger partial charge >= 0.3 is 0 Å². The Labute approximate surface area is 123 Å². The van der Waals surface area contributed by atoms with Crippen molar-refractivity contribution in [3.63, 3.8) is 0 Å². The summed E-state index contributed by atoms with van der Waals surface area (Å²) in [5.41, 5.74) is 6.70. The van der Waals surface area contributed by atoms with Crippen molar-refractivity contribution >= 4 is 17.5 Å². The normalized spacial score (nSPS) is 24.2. The van der Waals surface area contributed by atoms with Crippen LogP contribution in [0.2, 0.25) is 5.02 Å². The van der Waals surface area contributed by atoms with Crippen molar-refractivity contribution in [1.82, 2.24) is 5.32 Å². The highest BCUT2D eigenvalue weighted by Crippen LogP contribution is 2.25. The smallest absolute Gasteiger partial charge is 0.223 e. The summed E-state index contributed by atoms with van der Waals surface area (Å²) in [6, 6.07) is 4.43. The van der Waals surface area contributed by atoms with Crippen LogP contribution in [0.1, 0.15) is 44.2 Å². The van der Waals surface area contributed by atoms with Crippen molar-refractivity contribution in [1.29, 1.82) is 0 Å². The van der Waals surface area contributed by atoms with Gasteiger partial charge in [-0.3, -0.25) is 4.79 Å². The molecular weight excluding hydrogens is 279 g/mol. The van der Waals surface area contributed by atoms with Gasteiger partial charge in [0.25, 0.3) is 0 Å². The maximum atomic E-state index is 13.1. The van der Waals surface area contributed by atoms with Gasteiger partial charge in [0, 0.05) is 12.0 Å². The van der Waals surface area contributed by atoms with E-state index in [0.29, 0.717) is 0 Å². The molecule has 20 heavy (non-hydrogen) atoms. The number of amides is 1. The minimum Gasteiger partial charge on any atom is -0.349 e. The fourth-order valence-electron chi connectivity index (χ4n) is 2.66. The van der Waals surface area contributed by atoms with E-state index >= 15 is 0 Å². The van der Waals surface area contributed by atoms with Crippen molar-refractivity contribution in [3.8, 4) is 0 Å². The molecule has 1 aliphatic carbocycles. The highest BCUT2D eigenvalue weighted by atomic mass is 35.5. The van der Waals surface area contributed by atoms with Gasteiger partial charge in [0.05, 0.1) is 11.1 Å². The molecule has 0 saturated heterocycles. The van der Waals surface area contributed by atoms with Gasteiger partial charge < -0.3 is 11.1 Å². The van der Waals surface area contributed by atoms with Crippen LogP contribution in [0.15, 0.2) is 18.2 Å². The molecule has 1 aliphatic rings. The Balaban J connectivity index is 1.97. The van der Waals surface area contributed by atoms with Crippen molar-refractivity contribution in [3.05, 3.63) is 34.6 Å². The molecule has 1 saturated carbocycles. The SMILES string of the molecule is CC(NC(=O)C1CCCC(N)C1)c1ccc(F)c(Cl)c1. The first kappa shape index (κ1) is 15.3. The van der Waals surface area contributed by atoms with E-state index in [4.69, 9.17) is 17.3 Å². The van der Waals surface area contributed by atoms with Crippen LogP contribution in [0.4, 0.5) is 4.39 Å². The second kappa shape index (κ2) is 6.55. The Morgan fingerprint density at radius 2 is 2.25 bits per heavy atom. The van der Waals surface area contributed by atoms with Gasteiger partial charge in [0.2, 0.25) is 5.91 Å². The average molecular weight is 299 g/mol. The fourth-order valence-corrected chi connectivity index (χ4v) is 2.85. The maximum Gasteiger partial charge on any atom is 0.223 e. The molecule has 0 heterocycles. The molecule has 1 aromatic carbocycles. The number of rotatable bonds is 3. The van der Waals surface area contributed by atoms with Crippen LogP contribution in [0.3, 0.4) is 0 Å². The third-order valence-corrected chi connectivity index (χ3v) is 4.18. The molecule has 5 heteroatoms. The van der Waals surface area contributed by atoms with Crippen molar-refractivity contribution < 1.29 is 9.18 Å². The van der Waals surface area contributed by atoms with Gasteiger partial charge in [-0.05, 0) is 43.9 Å². The second-order valence-electron chi connectivity index (χ2n) is 5.53. The number of nitrogens with one attached hydrogen (secondary N) is 1. The van der Waals surface area contributed by atoms with Gasteiger partial charge in [0.15, 0.2) is 0 Å². The van der Waals surface area contributed by atoms with Crippen molar-refractivity contribution in [2.75, 3.05) is 0 Å².